The molecule has 2 heterocycles. The van der Waals surface area contributed by atoms with Crippen LogP contribution in [0.5, 0.6) is 0 Å². The zero-order valence-corrected chi connectivity index (χ0v) is 14.2. The van der Waals surface area contributed by atoms with Crippen LogP contribution in [0.25, 0.3) is 21.3 Å². The number of thiazole rings is 1. The Hall–Kier alpha value is -2.12. The molecule has 0 amide bonds. The van der Waals surface area contributed by atoms with Crippen LogP contribution in [0.3, 0.4) is 0 Å². The second-order valence-electron chi connectivity index (χ2n) is 5.01. The first-order valence-corrected chi connectivity index (χ1v) is 9.19. The van der Waals surface area contributed by atoms with E-state index < -0.39 is 0 Å². The molecule has 2 aromatic carbocycles. The molecule has 0 spiro atoms. The molecule has 0 bridgehead atoms. The summed E-state index contributed by atoms with van der Waals surface area (Å²) in [4.78, 5) is 4.62. The van der Waals surface area contributed by atoms with Gasteiger partial charge in [-0.1, -0.05) is 36.0 Å². The zero-order chi connectivity index (χ0) is 15.6. The average Bonchev–Trinajstić information content (AvgIpc) is 3.16. The zero-order valence-electron chi connectivity index (χ0n) is 12.6. The molecule has 5 nitrogen and oxygen atoms in total. The van der Waals surface area contributed by atoms with Crippen molar-refractivity contribution in [1.29, 1.82) is 0 Å². The number of rotatable bonds is 5. The van der Waals surface area contributed by atoms with Crippen molar-refractivity contribution in [3.05, 3.63) is 42.5 Å². The number of aromatic nitrogens is 4. The molecular weight excluding hydrogens is 326 g/mol. The van der Waals surface area contributed by atoms with E-state index in [2.05, 4.69) is 45.7 Å². The van der Waals surface area contributed by atoms with Crippen molar-refractivity contribution in [1.82, 2.24) is 20.0 Å². The highest BCUT2D eigenvalue weighted by Crippen LogP contribution is 2.31. The van der Waals surface area contributed by atoms with Crippen LogP contribution in [-0.4, -0.2) is 25.7 Å². The number of anilines is 1. The quantitative estimate of drug-likeness (QED) is 0.551. The van der Waals surface area contributed by atoms with Gasteiger partial charge in [0.15, 0.2) is 4.34 Å². The number of nitrogens with zero attached hydrogens (tertiary/aromatic N) is 4. The topological polar surface area (TPSA) is 55.6 Å². The first kappa shape index (κ1) is 14.5. The molecular formula is C16H15N5S2. The van der Waals surface area contributed by atoms with Crippen molar-refractivity contribution in [2.45, 2.75) is 17.9 Å². The van der Waals surface area contributed by atoms with Gasteiger partial charge in [-0.05, 0) is 36.1 Å². The summed E-state index contributed by atoms with van der Waals surface area (Å²) < 4.78 is 4.20. The van der Waals surface area contributed by atoms with Crippen LogP contribution in [0, 0.1) is 0 Å². The van der Waals surface area contributed by atoms with Crippen molar-refractivity contribution in [3.8, 4) is 0 Å². The Morgan fingerprint density at radius 2 is 2.09 bits per heavy atom. The Balaban J connectivity index is 1.55. The van der Waals surface area contributed by atoms with E-state index in [1.54, 1.807) is 23.1 Å². The molecule has 0 atom stereocenters. The van der Waals surface area contributed by atoms with Gasteiger partial charge >= 0.3 is 0 Å². The Labute approximate surface area is 141 Å². The van der Waals surface area contributed by atoms with E-state index >= 15 is 0 Å². The number of nitrogens with one attached hydrogen (secondary N) is 1. The summed E-state index contributed by atoms with van der Waals surface area (Å²) in [6.45, 7) is 2.73. The summed E-state index contributed by atoms with van der Waals surface area (Å²) in [6.07, 6.45) is 0. The minimum absolute atomic E-state index is 0.585. The van der Waals surface area contributed by atoms with Gasteiger partial charge in [-0.3, -0.25) is 0 Å². The van der Waals surface area contributed by atoms with Gasteiger partial charge in [0.2, 0.25) is 0 Å². The highest BCUT2D eigenvalue weighted by atomic mass is 32.2. The number of hydrogen-bond acceptors (Lipinski definition) is 6. The lowest BCUT2D eigenvalue weighted by atomic mass is 10.3. The van der Waals surface area contributed by atoms with E-state index in [0.717, 1.165) is 32.3 Å². The van der Waals surface area contributed by atoms with Crippen LogP contribution in [-0.2, 0) is 6.67 Å². The van der Waals surface area contributed by atoms with E-state index in [9.17, 15) is 0 Å². The average molecular weight is 341 g/mol. The smallest absolute Gasteiger partial charge is 0.151 e. The first-order chi connectivity index (χ1) is 11.3. The molecule has 0 fully saturated rings. The normalized spacial score (nSPS) is 11.3. The Kier molecular flexibility index (Phi) is 3.88. The number of fused-ring (bicyclic) bond motifs is 2. The fourth-order valence-corrected chi connectivity index (χ4v) is 4.40. The van der Waals surface area contributed by atoms with Gasteiger partial charge < -0.3 is 5.32 Å². The molecule has 0 saturated carbocycles. The highest BCUT2D eigenvalue weighted by Gasteiger charge is 2.06. The minimum Gasteiger partial charge on any atom is -0.366 e. The monoisotopic (exact) mass is 341 g/mol. The summed E-state index contributed by atoms with van der Waals surface area (Å²) >= 11 is 3.52. The lowest BCUT2D eigenvalue weighted by Crippen LogP contribution is -2.09. The van der Waals surface area contributed by atoms with Gasteiger partial charge in [0, 0.05) is 5.69 Å². The SMILES string of the molecule is CCSc1nc2ccc(NCn3nnc4ccccc43)cc2s1. The predicted octanol–water partition coefficient (Wildman–Crippen LogP) is 4.22. The van der Waals surface area contributed by atoms with Crippen molar-refractivity contribution in [2.24, 2.45) is 0 Å². The maximum Gasteiger partial charge on any atom is 0.151 e. The fourth-order valence-electron chi connectivity index (χ4n) is 2.40. The first-order valence-electron chi connectivity index (χ1n) is 7.39. The lowest BCUT2D eigenvalue weighted by Gasteiger charge is -2.06. The van der Waals surface area contributed by atoms with Crippen LogP contribution in [0.4, 0.5) is 5.69 Å². The fraction of sp³-hybridized carbons (Fsp3) is 0.188. The summed E-state index contributed by atoms with van der Waals surface area (Å²) in [5.74, 6) is 1.05. The number of para-hydroxylation sites is 1. The van der Waals surface area contributed by atoms with E-state index in [1.807, 2.05) is 28.9 Å². The molecule has 0 aliphatic carbocycles. The number of thioether (sulfide) groups is 1. The van der Waals surface area contributed by atoms with Crippen LogP contribution >= 0.6 is 23.1 Å². The third kappa shape index (κ3) is 2.89. The van der Waals surface area contributed by atoms with Crippen LogP contribution in [0.2, 0.25) is 0 Å². The molecule has 1 N–H and O–H groups in total. The van der Waals surface area contributed by atoms with Crippen LogP contribution in [0.15, 0.2) is 46.8 Å². The Bertz CT molecular complexity index is 959. The number of benzene rings is 2. The molecule has 0 aliphatic heterocycles. The van der Waals surface area contributed by atoms with Crippen molar-refractivity contribution in [2.75, 3.05) is 11.1 Å². The molecule has 4 rings (SSSR count). The van der Waals surface area contributed by atoms with Gasteiger partial charge in [0.1, 0.15) is 12.2 Å². The van der Waals surface area contributed by atoms with E-state index in [1.165, 1.54) is 4.70 Å². The second-order valence-corrected chi connectivity index (χ2v) is 7.55. The van der Waals surface area contributed by atoms with Crippen molar-refractivity contribution < 1.29 is 0 Å². The lowest BCUT2D eigenvalue weighted by molar-refractivity contribution is 0.655. The summed E-state index contributed by atoms with van der Waals surface area (Å²) in [7, 11) is 0. The predicted molar refractivity (Wildman–Crippen MR) is 97.2 cm³/mol. The highest BCUT2D eigenvalue weighted by molar-refractivity contribution is 8.01. The van der Waals surface area contributed by atoms with E-state index in [0.29, 0.717) is 6.67 Å². The van der Waals surface area contributed by atoms with Crippen molar-refractivity contribution in [3.63, 3.8) is 0 Å². The van der Waals surface area contributed by atoms with Crippen molar-refractivity contribution >= 4 is 50.0 Å². The Morgan fingerprint density at radius 1 is 1.17 bits per heavy atom. The van der Waals surface area contributed by atoms with E-state index in [4.69, 9.17) is 0 Å². The largest absolute Gasteiger partial charge is 0.366 e. The molecule has 0 saturated heterocycles. The minimum atomic E-state index is 0.585. The molecule has 0 unspecified atom stereocenters. The summed E-state index contributed by atoms with van der Waals surface area (Å²) in [5.41, 5.74) is 4.06. The second kappa shape index (κ2) is 6.17. The number of hydrogen-bond donors (Lipinski definition) is 1. The molecule has 0 radical (unpaired) electrons. The maximum absolute atomic E-state index is 4.62. The molecule has 0 aliphatic rings. The van der Waals surface area contributed by atoms with Gasteiger partial charge in [-0.15, -0.1) is 16.4 Å². The van der Waals surface area contributed by atoms with Crippen LogP contribution in [0.1, 0.15) is 6.92 Å². The van der Waals surface area contributed by atoms with E-state index in [-0.39, 0.29) is 0 Å². The third-order valence-electron chi connectivity index (χ3n) is 3.49. The van der Waals surface area contributed by atoms with Crippen LogP contribution < -0.4 is 5.32 Å². The summed E-state index contributed by atoms with van der Waals surface area (Å²) in [5, 5.41) is 11.8. The Morgan fingerprint density at radius 3 is 3.00 bits per heavy atom. The molecule has 23 heavy (non-hydrogen) atoms. The molecule has 4 aromatic rings. The molecule has 116 valence electrons. The summed E-state index contributed by atoms with van der Waals surface area (Å²) in [6, 6.07) is 14.2. The third-order valence-corrected chi connectivity index (χ3v) is 5.53. The van der Waals surface area contributed by atoms with Gasteiger partial charge in [0.05, 0.1) is 15.7 Å². The molecule has 2 aromatic heterocycles. The van der Waals surface area contributed by atoms with Gasteiger partial charge in [0.25, 0.3) is 0 Å². The van der Waals surface area contributed by atoms with Gasteiger partial charge in [-0.2, -0.15) is 0 Å². The van der Waals surface area contributed by atoms with Gasteiger partial charge in [-0.25, -0.2) is 9.67 Å². The molecule has 7 heteroatoms. The maximum atomic E-state index is 4.62. The standard InChI is InChI=1S/C16H15N5S2/c1-2-22-16-18-13-8-7-11(9-15(13)23-16)17-10-21-14-6-4-3-5-12(14)19-20-21/h3-9,17H,2,10H2,1H3.